The summed E-state index contributed by atoms with van der Waals surface area (Å²) < 4.78 is 12.8. The minimum atomic E-state index is -0.548. The number of unbranched alkanes of at least 4 members (excludes halogenated alkanes) is 1. The zero-order valence-electron chi connectivity index (χ0n) is 8.74. The van der Waals surface area contributed by atoms with E-state index < -0.39 is 11.9 Å². The molecule has 1 aromatic heterocycles. The van der Waals surface area contributed by atoms with Gasteiger partial charge in [-0.15, -0.1) is 0 Å². The molecule has 3 nitrogen and oxygen atoms in total. The van der Waals surface area contributed by atoms with E-state index in [-0.39, 0.29) is 11.3 Å². The van der Waals surface area contributed by atoms with Crippen molar-refractivity contribution in [3.05, 3.63) is 29.8 Å². The number of halogens is 1. The Labute approximate surface area is 88.5 Å². The van der Waals surface area contributed by atoms with Gasteiger partial charge < -0.3 is 5.73 Å². The molecule has 0 aliphatic rings. The maximum atomic E-state index is 12.8. The van der Waals surface area contributed by atoms with Crippen LogP contribution in [0.2, 0.25) is 0 Å². The largest absolute Gasteiger partial charge is 0.321 e. The van der Waals surface area contributed by atoms with E-state index in [2.05, 4.69) is 4.98 Å². The third kappa shape index (κ3) is 3.40. The number of nitrogens with zero attached hydrogens (tertiary/aromatic N) is 1. The Bertz CT molecular complexity index is 341. The van der Waals surface area contributed by atoms with Crippen LogP contribution in [-0.2, 0) is 0 Å². The average Bonchev–Trinajstić information content (AvgIpc) is 2.24. The lowest BCUT2D eigenvalue weighted by Crippen LogP contribution is -2.30. The predicted octanol–water partition coefficient (Wildman–Crippen LogP) is 1.92. The second-order valence-electron chi connectivity index (χ2n) is 3.50. The molecule has 1 atom stereocenters. The smallest absolute Gasteiger partial charge is 0.181 e. The summed E-state index contributed by atoms with van der Waals surface area (Å²) in [5, 5.41) is 0. The second kappa shape index (κ2) is 5.56. The van der Waals surface area contributed by atoms with Crippen LogP contribution in [0.4, 0.5) is 4.39 Å². The molecule has 2 N–H and O–H groups in total. The van der Waals surface area contributed by atoms with Crippen LogP contribution in [0, 0.1) is 5.82 Å². The number of aromatic nitrogens is 1. The Hall–Kier alpha value is -1.29. The lowest BCUT2D eigenvalue weighted by molar-refractivity contribution is 0.0955. The van der Waals surface area contributed by atoms with Gasteiger partial charge in [0.25, 0.3) is 0 Å². The Balaban J connectivity index is 2.67. The molecule has 0 spiro atoms. The molecule has 0 aliphatic heterocycles. The molecule has 0 fully saturated rings. The molecule has 0 aliphatic carbocycles. The molecule has 82 valence electrons. The van der Waals surface area contributed by atoms with Crippen molar-refractivity contribution in [3.63, 3.8) is 0 Å². The summed E-state index contributed by atoms with van der Waals surface area (Å²) in [5.74, 6) is -0.751. The summed E-state index contributed by atoms with van der Waals surface area (Å²) in [5.41, 5.74) is 5.93. The fraction of sp³-hybridized carbons (Fsp3) is 0.455. The van der Waals surface area contributed by atoms with Crippen molar-refractivity contribution in [1.29, 1.82) is 0 Å². The number of pyridine rings is 1. The molecule has 4 heteroatoms. The van der Waals surface area contributed by atoms with Crippen LogP contribution in [0.1, 0.15) is 36.5 Å². The zero-order valence-corrected chi connectivity index (χ0v) is 8.74. The highest BCUT2D eigenvalue weighted by Crippen LogP contribution is 2.07. The molecule has 1 unspecified atom stereocenters. The van der Waals surface area contributed by atoms with Gasteiger partial charge in [-0.25, -0.2) is 4.39 Å². The molecule has 0 amide bonds. The van der Waals surface area contributed by atoms with Crippen molar-refractivity contribution in [2.75, 3.05) is 0 Å². The molecule has 0 aromatic carbocycles. The van der Waals surface area contributed by atoms with E-state index >= 15 is 0 Å². The number of ketones is 1. The van der Waals surface area contributed by atoms with Gasteiger partial charge in [-0.1, -0.05) is 19.8 Å². The predicted molar refractivity (Wildman–Crippen MR) is 56.0 cm³/mol. The molecule has 1 heterocycles. The van der Waals surface area contributed by atoms with Crippen LogP contribution >= 0.6 is 0 Å². The van der Waals surface area contributed by atoms with E-state index in [0.717, 1.165) is 19.0 Å². The molecule has 1 aromatic rings. The van der Waals surface area contributed by atoms with Crippen molar-refractivity contribution >= 4 is 5.78 Å². The summed E-state index contributed by atoms with van der Waals surface area (Å²) in [4.78, 5) is 15.3. The topological polar surface area (TPSA) is 56.0 Å². The SMILES string of the molecule is CCCCC(N)C(=O)c1cncc(F)c1. The Kier molecular flexibility index (Phi) is 4.37. The first-order valence-electron chi connectivity index (χ1n) is 5.05. The minimum Gasteiger partial charge on any atom is -0.321 e. The Morgan fingerprint density at radius 2 is 2.33 bits per heavy atom. The first-order chi connectivity index (χ1) is 7.15. The highest BCUT2D eigenvalue weighted by molar-refractivity contribution is 5.99. The molecule has 0 bridgehead atoms. The van der Waals surface area contributed by atoms with Gasteiger partial charge in [-0.2, -0.15) is 0 Å². The summed E-state index contributed by atoms with van der Waals surface area (Å²) in [6.07, 6.45) is 4.93. The number of rotatable bonds is 5. The van der Waals surface area contributed by atoms with Gasteiger partial charge in [0, 0.05) is 11.8 Å². The van der Waals surface area contributed by atoms with Gasteiger partial charge in [0.2, 0.25) is 0 Å². The third-order valence-electron chi connectivity index (χ3n) is 2.19. The summed E-state index contributed by atoms with van der Waals surface area (Å²) in [7, 11) is 0. The maximum Gasteiger partial charge on any atom is 0.181 e. The monoisotopic (exact) mass is 210 g/mol. The van der Waals surface area contributed by atoms with Crippen molar-refractivity contribution in [1.82, 2.24) is 4.98 Å². The number of carbonyl (C=O) groups excluding carboxylic acids is 1. The van der Waals surface area contributed by atoms with E-state index in [1.807, 2.05) is 6.92 Å². The van der Waals surface area contributed by atoms with Gasteiger partial charge >= 0.3 is 0 Å². The highest BCUT2D eigenvalue weighted by Gasteiger charge is 2.15. The fourth-order valence-corrected chi connectivity index (χ4v) is 1.32. The van der Waals surface area contributed by atoms with Crippen molar-refractivity contribution in [2.45, 2.75) is 32.2 Å². The van der Waals surface area contributed by atoms with Crippen LogP contribution in [0.5, 0.6) is 0 Å². The van der Waals surface area contributed by atoms with Crippen molar-refractivity contribution in [3.8, 4) is 0 Å². The molecule has 0 saturated heterocycles. The van der Waals surface area contributed by atoms with Crippen LogP contribution in [0.25, 0.3) is 0 Å². The Morgan fingerprint density at radius 3 is 2.93 bits per heavy atom. The van der Waals surface area contributed by atoms with Crippen molar-refractivity contribution < 1.29 is 9.18 Å². The normalized spacial score (nSPS) is 12.5. The van der Waals surface area contributed by atoms with Crippen LogP contribution in [0.15, 0.2) is 18.5 Å². The van der Waals surface area contributed by atoms with Gasteiger partial charge in [-0.05, 0) is 12.5 Å². The van der Waals surface area contributed by atoms with Crippen molar-refractivity contribution in [2.24, 2.45) is 5.73 Å². The molecular weight excluding hydrogens is 195 g/mol. The third-order valence-corrected chi connectivity index (χ3v) is 2.19. The minimum absolute atomic E-state index is 0.240. The number of hydrogen-bond acceptors (Lipinski definition) is 3. The standard InChI is InChI=1S/C11H15FN2O/c1-2-3-4-10(13)11(15)8-5-9(12)7-14-6-8/h5-7,10H,2-4,13H2,1H3. The molecule has 0 radical (unpaired) electrons. The van der Waals surface area contributed by atoms with E-state index in [1.165, 1.54) is 12.3 Å². The van der Waals surface area contributed by atoms with Gasteiger partial charge in [-0.3, -0.25) is 9.78 Å². The van der Waals surface area contributed by atoms with Crippen LogP contribution in [-0.4, -0.2) is 16.8 Å². The molecule has 15 heavy (non-hydrogen) atoms. The van der Waals surface area contributed by atoms with Gasteiger partial charge in [0.05, 0.1) is 12.2 Å². The van der Waals surface area contributed by atoms with Crippen LogP contribution < -0.4 is 5.73 Å². The quantitative estimate of drug-likeness (QED) is 0.755. The summed E-state index contributed by atoms with van der Waals surface area (Å²) in [6.45, 7) is 2.03. The van der Waals surface area contributed by atoms with E-state index in [0.29, 0.717) is 6.42 Å². The molecule has 1 rings (SSSR count). The zero-order chi connectivity index (χ0) is 11.3. The average molecular weight is 210 g/mol. The maximum absolute atomic E-state index is 12.8. The fourth-order valence-electron chi connectivity index (χ4n) is 1.32. The van der Waals surface area contributed by atoms with Gasteiger partial charge in [0.1, 0.15) is 5.82 Å². The lowest BCUT2D eigenvalue weighted by Gasteiger charge is -2.09. The van der Waals surface area contributed by atoms with Crippen LogP contribution in [0.3, 0.4) is 0 Å². The Morgan fingerprint density at radius 1 is 1.60 bits per heavy atom. The second-order valence-corrected chi connectivity index (χ2v) is 3.50. The highest BCUT2D eigenvalue weighted by atomic mass is 19.1. The lowest BCUT2D eigenvalue weighted by atomic mass is 10.0. The van der Waals surface area contributed by atoms with E-state index in [9.17, 15) is 9.18 Å². The summed E-state index contributed by atoms with van der Waals surface area (Å²) in [6, 6.07) is 0.620. The summed E-state index contributed by atoms with van der Waals surface area (Å²) >= 11 is 0. The van der Waals surface area contributed by atoms with E-state index in [4.69, 9.17) is 5.73 Å². The molecule has 0 saturated carbocycles. The number of nitrogens with two attached hydrogens (primary N) is 1. The number of carbonyl (C=O) groups is 1. The first kappa shape index (κ1) is 11.8. The number of Topliss-reactive ketones (excluding diaryl/α,β-unsaturated/α-hetero) is 1. The number of hydrogen-bond donors (Lipinski definition) is 1. The van der Waals surface area contributed by atoms with E-state index in [1.54, 1.807) is 0 Å². The molecular formula is C11H15FN2O. The first-order valence-corrected chi connectivity index (χ1v) is 5.05. The van der Waals surface area contributed by atoms with Gasteiger partial charge in [0.15, 0.2) is 5.78 Å².